The lowest BCUT2D eigenvalue weighted by atomic mass is 10.1. The number of hydrogen-bond acceptors (Lipinski definition) is 2. The van der Waals surface area contributed by atoms with Gasteiger partial charge in [-0.05, 0) is 30.7 Å². The molecular weight excluding hydrogens is 329 g/mol. The molecule has 0 saturated heterocycles. The molecule has 1 heterocycles. The fourth-order valence-electron chi connectivity index (χ4n) is 2.82. The van der Waals surface area contributed by atoms with Crippen LogP contribution in [0.1, 0.15) is 23.9 Å². The third-order valence-electron chi connectivity index (χ3n) is 4.02. The van der Waals surface area contributed by atoms with E-state index in [4.69, 9.17) is 4.74 Å². The molecule has 3 rings (SSSR count). The molecule has 0 amide bonds. The summed E-state index contributed by atoms with van der Waals surface area (Å²) in [7, 11) is 0. The van der Waals surface area contributed by atoms with Crippen LogP contribution >= 0.6 is 0 Å². The minimum atomic E-state index is -4.37. The van der Waals surface area contributed by atoms with Gasteiger partial charge < -0.3 is 9.30 Å². The smallest absolute Gasteiger partial charge is 0.380 e. The quantitative estimate of drug-likeness (QED) is 0.605. The number of halogens is 3. The average Bonchev–Trinajstić information content (AvgIpc) is 2.92. The molecule has 0 unspecified atom stereocenters. The number of hydrogen-bond donors (Lipinski definition) is 0. The van der Waals surface area contributed by atoms with E-state index in [1.807, 2.05) is 41.8 Å². The summed E-state index contributed by atoms with van der Waals surface area (Å²) in [4.78, 5) is 4.47. The molecular formula is C19H19F3N2O. The third kappa shape index (κ3) is 4.02. The lowest BCUT2D eigenvalue weighted by Crippen LogP contribution is -2.10. The molecule has 1 aromatic heterocycles. The Bertz CT molecular complexity index is 841. The first-order valence-corrected chi connectivity index (χ1v) is 8.17. The van der Waals surface area contributed by atoms with Gasteiger partial charge in [-0.25, -0.2) is 4.98 Å². The van der Waals surface area contributed by atoms with Crippen LogP contribution in [0.15, 0.2) is 48.5 Å². The predicted octanol–water partition coefficient (Wildman–Crippen LogP) is 4.68. The molecule has 0 atom stereocenters. The van der Waals surface area contributed by atoms with E-state index in [1.165, 1.54) is 6.07 Å². The Hall–Kier alpha value is -2.34. The number of nitrogens with zero attached hydrogens (tertiary/aromatic N) is 2. The lowest BCUT2D eigenvalue weighted by molar-refractivity contribution is -0.137. The molecule has 25 heavy (non-hydrogen) atoms. The van der Waals surface area contributed by atoms with Crippen LogP contribution in [0, 0.1) is 0 Å². The van der Waals surface area contributed by atoms with E-state index >= 15 is 0 Å². The topological polar surface area (TPSA) is 27.1 Å². The Morgan fingerprint density at radius 1 is 1.08 bits per heavy atom. The molecule has 3 aromatic rings. The van der Waals surface area contributed by atoms with Gasteiger partial charge in [0.15, 0.2) is 0 Å². The molecule has 0 fully saturated rings. The minimum Gasteiger partial charge on any atom is -0.380 e. The third-order valence-corrected chi connectivity index (χ3v) is 4.02. The number of rotatable bonds is 6. The van der Waals surface area contributed by atoms with Crippen molar-refractivity contribution in [1.82, 2.24) is 9.55 Å². The molecule has 6 heteroatoms. The van der Waals surface area contributed by atoms with Crippen molar-refractivity contribution in [2.45, 2.75) is 26.1 Å². The van der Waals surface area contributed by atoms with Crippen LogP contribution in [-0.4, -0.2) is 22.8 Å². The van der Waals surface area contributed by atoms with Crippen molar-refractivity contribution >= 4 is 11.0 Å². The second kappa shape index (κ2) is 7.27. The summed E-state index contributed by atoms with van der Waals surface area (Å²) < 4.78 is 46.2. The Morgan fingerprint density at radius 2 is 1.84 bits per heavy atom. The molecule has 0 spiro atoms. The fraction of sp³-hybridized carbons (Fsp3) is 0.316. The van der Waals surface area contributed by atoms with Gasteiger partial charge in [0, 0.05) is 19.6 Å². The summed E-state index contributed by atoms with van der Waals surface area (Å²) in [6.07, 6.45) is -3.81. The van der Waals surface area contributed by atoms with Gasteiger partial charge in [-0.1, -0.05) is 30.3 Å². The lowest BCUT2D eigenvalue weighted by Gasteiger charge is -2.10. The number of aromatic nitrogens is 2. The van der Waals surface area contributed by atoms with Gasteiger partial charge in [0.2, 0.25) is 0 Å². The largest absolute Gasteiger partial charge is 0.416 e. The molecule has 2 aromatic carbocycles. The predicted molar refractivity (Wildman–Crippen MR) is 90.5 cm³/mol. The van der Waals surface area contributed by atoms with Crippen molar-refractivity contribution in [3.05, 3.63) is 65.5 Å². The maximum Gasteiger partial charge on any atom is 0.416 e. The molecule has 0 saturated carbocycles. The molecule has 0 aliphatic carbocycles. The van der Waals surface area contributed by atoms with Crippen LogP contribution in [0.3, 0.4) is 0 Å². The highest BCUT2D eigenvalue weighted by Crippen LogP contribution is 2.31. The highest BCUT2D eigenvalue weighted by Gasteiger charge is 2.31. The number of imidazole rings is 1. The summed E-state index contributed by atoms with van der Waals surface area (Å²) in [6, 6.07) is 13.5. The fourth-order valence-corrected chi connectivity index (χ4v) is 2.82. The van der Waals surface area contributed by atoms with Crippen LogP contribution < -0.4 is 0 Å². The summed E-state index contributed by atoms with van der Waals surface area (Å²) in [5, 5.41) is 0. The Balaban J connectivity index is 2.01. The van der Waals surface area contributed by atoms with Gasteiger partial charge in [-0.2, -0.15) is 13.2 Å². The molecule has 0 N–H and O–H groups in total. The highest BCUT2D eigenvalue weighted by atomic mass is 19.4. The Labute approximate surface area is 144 Å². The second-order valence-corrected chi connectivity index (χ2v) is 5.74. The van der Waals surface area contributed by atoms with Crippen molar-refractivity contribution in [3.8, 4) is 0 Å². The number of fused-ring (bicyclic) bond motifs is 1. The average molecular weight is 348 g/mol. The van der Waals surface area contributed by atoms with Crippen LogP contribution in [0.25, 0.3) is 11.0 Å². The zero-order chi connectivity index (χ0) is 17.9. The van der Waals surface area contributed by atoms with Crippen molar-refractivity contribution in [2.75, 3.05) is 13.2 Å². The second-order valence-electron chi connectivity index (χ2n) is 5.74. The standard InChI is InChI=1S/C19H19F3N2O/c1-2-25-11-10-24-17-9-8-15(19(20,21)22)13-16(17)23-18(24)12-14-6-4-3-5-7-14/h3-9,13H,2,10-12H2,1H3. The summed E-state index contributed by atoms with van der Waals surface area (Å²) in [6.45, 7) is 3.55. The van der Waals surface area contributed by atoms with Crippen molar-refractivity contribution < 1.29 is 17.9 Å². The number of alkyl halides is 3. The van der Waals surface area contributed by atoms with Gasteiger partial charge >= 0.3 is 6.18 Å². The van der Waals surface area contributed by atoms with E-state index in [2.05, 4.69) is 4.98 Å². The van der Waals surface area contributed by atoms with Crippen molar-refractivity contribution in [1.29, 1.82) is 0 Å². The van der Waals surface area contributed by atoms with Gasteiger partial charge in [-0.3, -0.25) is 0 Å². The van der Waals surface area contributed by atoms with E-state index in [-0.39, 0.29) is 0 Å². The zero-order valence-corrected chi connectivity index (χ0v) is 13.9. The van der Waals surface area contributed by atoms with Crippen molar-refractivity contribution in [2.24, 2.45) is 0 Å². The molecule has 0 radical (unpaired) electrons. The minimum absolute atomic E-state index is 0.359. The highest BCUT2D eigenvalue weighted by molar-refractivity contribution is 5.77. The number of ether oxygens (including phenoxy) is 1. The summed E-state index contributed by atoms with van der Waals surface area (Å²) in [5.41, 5.74) is 1.43. The van der Waals surface area contributed by atoms with E-state index in [9.17, 15) is 13.2 Å². The summed E-state index contributed by atoms with van der Waals surface area (Å²) in [5.74, 6) is 0.736. The van der Waals surface area contributed by atoms with Crippen LogP contribution in [0.2, 0.25) is 0 Å². The molecule has 0 bridgehead atoms. The first kappa shape index (κ1) is 17.5. The maximum absolute atomic E-state index is 13.0. The SMILES string of the molecule is CCOCCn1c(Cc2ccccc2)nc2cc(C(F)(F)F)ccc21. The number of benzene rings is 2. The molecule has 0 aliphatic heterocycles. The molecule has 0 aliphatic rings. The van der Waals surface area contributed by atoms with E-state index < -0.39 is 11.7 Å². The monoisotopic (exact) mass is 348 g/mol. The summed E-state index contributed by atoms with van der Waals surface area (Å²) >= 11 is 0. The van der Waals surface area contributed by atoms with Gasteiger partial charge in [0.05, 0.1) is 23.2 Å². The maximum atomic E-state index is 13.0. The Morgan fingerprint density at radius 3 is 2.52 bits per heavy atom. The zero-order valence-electron chi connectivity index (χ0n) is 13.9. The van der Waals surface area contributed by atoms with E-state index in [0.29, 0.717) is 37.2 Å². The van der Waals surface area contributed by atoms with E-state index in [0.717, 1.165) is 23.5 Å². The van der Waals surface area contributed by atoms with Gasteiger partial charge in [0.1, 0.15) is 5.82 Å². The van der Waals surface area contributed by atoms with Gasteiger partial charge in [-0.15, -0.1) is 0 Å². The van der Waals surface area contributed by atoms with E-state index in [1.54, 1.807) is 0 Å². The van der Waals surface area contributed by atoms with Crippen molar-refractivity contribution in [3.63, 3.8) is 0 Å². The van der Waals surface area contributed by atoms with Crippen LogP contribution in [-0.2, 0) is 23.9 Å². The van der Waals surface area contributed by atoms with Gasteiger partial charge in [0.25, 0.3) is 0 Å². The first-order chi connectivity index (χ1) is 12.0. The molecule has 132 valence electrons. The Kier molecular flexibility index (Phi) is 5.08. The first-order valence-electron chi connectivity index (χ1n) is 8.17. The van der Waals surface area contributed by atoms with Crippen LogP contribution in [0.5, 0.6) is 0 Å². The normalized spacial score (nSPS) is 12.0. The molecule has 3 nitrogen and oxygen atoms in total. The van der Waals surface area contributed by atoms with Crippen LogP contribution in [0.4, 0.5) is 13.2 Å².